The summed E-state index contributed by atoms with van der Waals surface area (Å²) in [4.78, 5) is 2.27. The van der Waals surface area contributed by atoms with E-state index in [0.717, 1.165) is 38.3 Å². The molecule has 1 aliphatic rings. The summed E-state index contributed by atoms with van der Waals surface area (Å²) in [6.07, 6.45) is 0. The molecule has 124 valence electrons. The fourth-order valence-corrected chi connectivity index (χ4v) is 3.70. The first-order valence-corrected chi connectivity index (χ1v) is 9.27. The fourth-order valence-electron chi connectivity index (χ4n) is 2.51. The van der Waals surface area contributed by atoms with Crippen molar-refractivity contribution in [2.24, 2.45) is 0 Å². The molecule has 0 unspecified atom stereocenters. The number of piperazine rings is 1. The molecule has 0 atom stereocenters. The van der Waals surface area contributed by atoms with Crippen LogP contribution in [0.15, 0.2) is 30.3 Å². The summed E-state index contributed by atoms with van der Waals surface area (Å²) in [6.45, 7) is 7.82. The number of nitrogens with zero attached hydrogens (tertiary/aromatic N) is 2. The maximum absolute atomic E-state index is 12.4. The van der Waals surface area contributed by atoms with Crippen molar-refractivity contribution in [3.8, 4) is 0 Å². The van der Waals surface area contributed by atoms with E-state index in [1.165, 1.54) is 4.31 Å². The zero-order valence-electron chi connectivity index (χ0n) is 13.2. The van der Waals surface area contributed by atoms with Gasteiger partial charge < -0.3 is 5.32 Å². The third-order valence-electron chi connectivity index (χ3n) is 3.82. The standard InChI is InChI=1S/C15H26N4O2S/c1-2-19(14-15-6-4-3-5-7-15)22(20,21)17-10-13-18-11-8-16-9-12-18/h3-7,16-17H,2,8-14H2,1H3. The molecule has 1 saturated heterocycles. The van der Waals surface area contributed by atoms with Gasteiger partial charge in [-0.1, -0.05) is 37.3 Å². The number of hydrogen-bond acceptors (Lipinski definition) is 4. The maximum Gasteiger partial charge on any atom is 0.279 e. The van der Waals surface area contributed by atoms with Crippen molar-refractivity contribution in [2.45, 2.75) is 13.5 Å². The lowest BCUT2D eigenvalue weighted by atomic mass is 10.2. The predicted molar refractivity (Wildman–Crippen MR) is 88.8 cm³/mol. The monoisotopic (exact) mass is 326 g/mol. The summed E-state index contributed by atoms with van der Waals surface area (Å²) in [6, 6.07) is 9.67. The van der Waals surface area contributed by atoms with Crippen LogP contribution in [0.4, 0.5) is 0 Å². The zero-order chi connectivity index (χ0) is 15.8. The molecule has 2 rings (SSSR count). The van der Waals surface area contributed by atoms with Crippen LogP contribution < -0.4 is 10.0 Å². The Morgan fingerprint density at radius 3 is 2.55 bits per heavy atom. The van der Waals surface area contributed by atoms with E-state index in [9.17, 15) is 8.42 Å². The van der Waals surface area contributed by atoms with Crippen LogP contribution in [0, 0.1) is 0 Å². The highest BCUT2D eigenvalue weighted by molar-refractivity contribution is 7.87. The molecule has 0 amide bonds. The van der Waals surface area contributed by atoms with Gasteiger partial charge in [-0.25, -0.2) is 4.72 Å². The molecule has 6 nitrogen and oxygen atoms in total. The van der Waals surface area contributed by atoms with Crippen LogP contribution in [0.1, 0.15) is 12.5 Å². The lowest BCUT2D eigenvalue weighted by molar-refractivity contribution is 0.244. The minimum atomic E-state index is -3.43. The average molecular weight is 326 g/mol. The van der Waals surface area contributed by atoms with Crippen LogP contribution in [-0.2, 0) is 16.8 Å². The van der Waals surface area contributed by atoms with E-state index < -0.39 is 10.2 Å². The fraction of sp³-hybridized carbons (Fsp3) is 0.600. The highest BCUT2D eigenvalue weighted by atomic mass is 32.2. The van der Waals surface area contributed by atoms with E-state index in [4.69, 9.17) is 0 Å². The van der Waals surface area contributed by atoms with Crippen LogP contribution >= 0.6 is 0 Å². The third-order valence-corrected chi connectivity index (χ3v) is 5.45. The van der Waals surface area contributed by atoms with Gasteiger partial charge in [0.05, 0.1) is 0 Å². The Morgan fingerprint density at radius 1 is 1.23 bits per heavy atom. The van der Waals surface area contributed by atoms with Crippen molar-refractivity contribution < 1.29 is 8.42 Å². The lowest BCUT2D eigenvalue weighted by Gasteiger charge is -2.27. The first kappa shape index (κ1) is 17.4. The number of hydrogen-bond donors (Lipinski definition) is 2. The van der Waals surface area contributed by atoms with Gasteiger partial charge in [-0.3, -0.25) is 4.90 Å². The summed E-state index contributed by atoms with van der Waals surface area (Å²) in [7, 11) is -3.43. The van der Waals surface area contributed by atoms with E-state index in [1.54, 1.807) is 0 Å². The van der Waals surface area contributed by atoms with Gasteiger partial charge in [0.15, 0.2) is 0 Å². The molecule has 1 aromatic carbocycles. The highest BCUT2D eigenvalue weighted by Crippen LogP contribution is 2.07. The molecule has 22 heavy (non-hydrogen) atoms. The van der Waals surface area contributed by atoms with Gasteiger partial charge in [-0.2, -0.15) is 12.7 Å². The summed E-state index contributed by atoms with van der Waals surface area (Å²) < 4.78 is 29.0. The van der Waals surface area contributed by atoms with Gasteiger partial charge in [0, 0.05) is 52.4 Å². The minimum absolute atomic E-state index is 0.403. The molecule has 0 saturated carbocycles. The summed E-state index contributed by atoms with van der Waals surface area (Å²) in [5.41, 5.74) is 0.997. The van der Waals surface area contributed by atoms with E-state index >= 15 is 0 Å². The molecule has 1 fully saturated rings. The Morgan fingerprint density at radius 2 is 1.91 bits per heavy atom. The second-order valence-corrected chi connectivity index (χ2v) is 7.16. The zero-order valence-corrected chi connectivity index (χ0v) is 14.0. The third kappa shape index (κ3) is 5.33. The average Bonchev–Trinajstić information content (AvgIpc) is 2.54. The number of nitrogens with one attached hydrogen (secondary N) is 2. The Hall–Kier alpha value is -0.990. The molecule has 1 aliphatic heterocycles. The van der Waals surface area contributed by atoms with Crippen LogP contribution in [0.25, 0.3) is 0 Å². The van der Waals surface area contributed by atoms with Crippen LogP contribution in [0.5, 0.6) is 0 Å². The van der Waals surface area contributed by atoms with Gasteiger partial charge in [0.2, 0.25) is 0 Å². The van der Waals surface area contributed by atoms with Crippen LogP contribution in [0.3, 0.4) is 0 Å². The van der Waals surface area contributed by atoms with E-state index in [0.29, 0.717) is 19.6 Å². The molecule has 0 bridgehead atoms. The molecule has 7 heteroatoms. The molecular weight excluding hydrogens is 300 g/mol. The molecule has 0 aliphatic carbocycles. The summed E-state index contributed by atoms with van der Waals surface area (Å²) in [5, 5.41) is 3.29. The van der Waals surface area contributed by atoms with Gasteiger partial charge >= 0.3 is 0 Å². The summed E-state index contributed by atoms with van der Waals surface area (Å²) >= 11 is 0. The van der Waals surface area contributed by atoms with E-state index in [2.05, 4.69) is 14.9 Å². The predicted octanol–water partition coefficient (Wildman–Crippen LogP) is 0.248. The number of rotatable bonds is 8. The topological polar surface area (TPSA) is 64.7 Å². The molecule has 1 heterocycles. The molecule has 1 aromatic rings. The van der Waals surface area contributed by atoms with E-state index in [1.807, 2.05) is 37.3 Å². The van der Waals surface area contributed by atoms with Crippen molar-refractivity contribution in [1.82, 2.24) is 19.2 Å². The van der Waals surface area contributed by atoms with Gasteiger partial charge in [-0.15, -0.1) is 0 Å². The second-order valence-electron chi connectivity index (χ2n) is 5.40. The van der Waals surface area contributed by atoms with Crippen LogP contribution in [0.2, 0.25) is 0 Å². The smallest absolute Gasteiger partial charge is 0.279 e. The highest BCUT2D eigenvalue weighted by Gasteiger charge is 2.20. The van der Waals surface area contributed by atoms with Gasteiger partial charge in [0.1, 0.15) is 0 Å². The quantitative estimate of drug-likeness (QED) is 0.719. The Kier molecular flexibility index (Phi) is 6.78. The largest absolute Gasteiger partial charge is 0.314 e. The minimum Gasteiger partial charge on any atom is -0.314 e. The molecule has 0 radical (unpaired) electrons. The van der Waals surface area contributed by atoms with Gasteiger partial charge in [0.25, 0.3) is 10.2 Å². The molecule has 0 spiro atoms. The van der Waals surface area contributed by atoms with Crippen molar-refractivity contribution in [1.29, 1.82) is 0 Å². The van der Waals surface area contributed by atoms with Crippen molar-refractivity contribution in [2.75, 3.05) is 45.8 Å². The maximum atomic E-state index is 12.4. The first-order valence-electron chi connectivity index (χ1n) is 7.83. The second kappa shape index (κ2) is 8.59. The first-order chi connectivity index (χ1) is 10.6. The van der Waals surface area contributed by atoms with E-state index in [-0.39, 0.29) is 0 Å². The SMILES string of the molecule is CCN(Cc1ccccc1)S(=O)(=O)NCCN1CCNCC1. The van der Waals surface area contributed by atoms with Gasteiger partial charge in [-0.05, 0) is 5.56 Å². The molecule has 0 aromatic heterocycles. The summed E-state index contributed by atoms with van der Waals surface area (Å²) in [5.74, 6) is 0. The number of benzene rings is 1. The van der Waals surface area contributed by atoms with Crippen molar-refractivity contribution >= 4 is 10.2 Å². The van der Waals surface area contributed by atoms with Crippen LogP contribution in [-0.4, -0.2) is 63.4 Å². The Labute approximate surface area is 133 Å². The Balaban J connectivity index is 1.84. The molecular formula is C15H26N4O2S. The van der Waals surface area contributed by atoms with Crippen molar-refractivity contribution in [3.05, 3.63) is 35.9 Å². The lowest BCUT2D eigenvalue weighted by Crippen LogP contribution is -2.48. The Bertz CT molecular complexity index is 530. The normalized spacial score (nSPS) is 17.0. The van der Waals surface area contributed by atoms with Crippen molar-refractivity contribution in [3.63, 3.8) is 0 Å². The molecule has 2 N–H and O–H groups in total.